The Kier molecular flexibility index (Phi) is 9.20. The molecule has 5 rings (SSSR count). The second-order valence-corrected chi connectivity index (χ2v) is 9.99. The first-order valence-corrected chi connectivity index (χ1v) is 13.7. The van der Waals surface area contributed by atoms with Crippen molar-refractivity contribution in [2.75, 3.05) is 37.0 Å². The molecule has 1 unspecified atom stereocenters. The molecule has 1 N–H and O–H groups in total. The first-order valence-electron chi connectivity index (χ1n) is 13.7. The number of hydrogen-bond acceptors (Lipinski definition) is 8. The Morgan fingerprint density at radius 2 is 1.71 bits per heavy atom. The van der Waals surface area contributed by atoms with Gasteiger partial charge in [-0.1, -0.05) is 48.5 Å². The lowest BCUT2D eigenvalue weighted by Gasteiger charge is -2.39. The normalized spacial score (nSPS) is 15.1. The lowest BCUT2D eigenvalue weighted by molar-refractivity contribution is -0.139. The number of pyridine rings is 1. The van der Waals surface area contributed by atoms with E-state index in [0.29, 0.717) is 48.9 Å². The lowest BCUT2D eigenvalue weighted by Crippen LogP contribution is -2.53. The summed E-state index contributed by atoms with van der Waals surface area (Å²) in [5.41, 5.74) is 2.95. The molecule has 1 saturated heterocycles. The second-order valence-electron chi connectivity index (χ2n) is 9.99. The zero-order valence-electron chi connectivity index (χ0n) is 23.3. The highest BCUT2D eigenvalue weighted by Crippen LogP contribution is 2.24. The van der Waals surface area contributed by atoms with Gasteiger partial charge in [0.1, 0.15) is 23.6 Å². The Labute approximate surface area is 244 Å². The molecule has 3 aromatic carbocycles. The SMILES string of the molecule is COC(=O)Cc1cccc(CN2CCN(c3ccc(NC(=O)c4cccc(Oc5ccccc5)c4)cn3)CC2C=O)c1. The predicted octanol–water partition coefficient (Wildman–Crippen LogP) is 4.73. The Morgan fingerprint density at radius 3 is 2.48 bits per heavy atom. The Hall–Kier alpha value is -5.02. The van der Waals surface area contributed by atoms with Gasteiger partial charge in [-0.25, -0.2) is 4.98 Å². The summed E-state index contributed by atoms with van der Waals surface area (Å²) in [5.74, 6) is 1.44. The number of methoxy groups -OCH3 is 1. The summed E-state index contributed by atoms with van der Waals surface area (Å²) in [7, 11) is 1.38. The van der Waals surface area contributed by atoms with Gasteiger partial charge in [0.25, 0.3) is 5.91 Å². The van der Waals surface area contributed by atoms with Gasteiger partial charge in [0, 0.05) is 31.7 Å². The van der Waals surface area contributed by atoms with Gasteiger partial charge in [-0.3, -0.25) is 14.5 Å². The van der Waals surface area contributed by atoms with Crippen molar-refractivity contribution in [1.82, 2.24) is 9.88 Å². The molecular formula is C33H32N4O5. The van der Waals surface area contributed by atoms with E-state index in [0.717, 1.165) is 23.2 Å². The first-order chi connectivity index (χ1) is 20.5. The number of rotatable bonds is 10. The molecule has 1 atom stereocenters. The molecule has 42 heavy (non-hydrogen) atoms. The summed E-state index contributed by atoms with van der Waals surface area (Å²) >= 11 is 0. The number of anilines is 2. The minimum Gasteiger partial charge on any atom is -0.469 e. The van der Waals surface area contributed by atoms with Crippen LogP contribution in [-0.4, -0.2) is 60.8 Å². The van der Waals surface area contributed by atoms with E-state index in [9.17, 15) is 14.4 Å². The third kappa shape index (κ3) is 7.38. The molecule has 1 amide bonds. The molecule has 0 bridgehead atoms. The number of piperazine rings is 1. The van der Waals surface area contributed by atoms with Crippen LogP contribution >= 0.6 is 0 Å². The Morgan fingerprint density at radius 1 is 0.929 bits per heavy atom. The minimum atomic E-state index is -0.311. The maximum Gasteiger partial charge on any atom is 0.309 e. The molecule has 0 saturated carbocycles. The van der Waals surface area contributed by atoms with Gasteiger partial charge in [-0.2, -0.15) is 0 Å². The molecule has 214 valence electrons. The minimum absolute atomic E-state index is 0.215. The number of benzene rings is 3. The molecule has 2 heterocycles. The number of hydrogen-bond donors (Lipinski definition) is 1. The highest BCUT2D eigenvalue weighted by molar-refractivity contribution is 6.04. The van der Waals surface area contributed by atoms with Gasteiger partial charge in [0.2, 0.25) is 0 Å². The van der Waals surface area contributed by atoms with E-state index >= 15 is 0 Å². The largest absolute Gasteiger partial charge is 0.469 e. The van der Waals surface area contributed by atoms with E-state index in [1.165, 1.54) is 7.11 Å². The zero-order valence-corrected chi connectivity index (χ0v) is 23.3. The van der Waals surface area contributed by atoms with E-state index in [1.54, 1.807) is 36.5 Å². The second kappa shape index (κ2) is 13.6. The van der Waals surface area contributed by atoms with Crippen LogP contribution in [0.3, 0.4) is 0 Å². The van der Waals surface area contributed by atoms with Crippen molar-refractivity contribution in [1.29, 1.82) is 0 Å². The molecule has 1 aliphatic rings. The van der Waals surface area contributed by atoms with Gasteiger partial charge in [-0.05, 0) is 53.6 Å². The van der Waals surface area contributed by atoms with Crippen molar-refractivity contribution in [3.8, 4) is 11.5 Å². The van der Waals surface area contributed by atoms with Gasteiger partial charge in [-0.15, -0.1) is 0 Å². The number of esters is 1. The van der Waals surface area contributed by atoms with Crippen LogP contribution in [0.1, 0.15) is 21.5 Å². The molecule has 9 nitrogen and oxygen atoms in total. The van der Waals surface area contributed by atoms with Crippen LogP contribution in [0.2, 0.25) is 0 Å². The summed E-state index contributed by atoms with van der Waals surface area (Å²) in [6.45, 7) is 2.46. The summed E-state index contributed by atoms with van der Waals surface area (Å²) in [5, 5.41) is 2.88. The summed E-state index contributed by atoms with van der Waals surface area (Å²) in [6.07, 6.45) is 2.80. The van der Waals surface area contributed by atoms with Crippen molar-refractivity contribution < 1.29 is 23.9 Å². The molecule has 9 heteroatoms. The van der Waals surface area contributed by atoms with Crippen LogP contribution in [0.15, 0.2) is 97.2 Å². The van der Waals surface area contributed by atoms with Crippen LogP contribution < -0.4 is 15.0 Å². The summed E-state index contributed by atoms with van der Waals surface area (Å²) in [4.78, 5) is 45.3. The standard InChI is InChI=1S/C33H32N4O5/c1-41-32(39)18-24-7-5-8-25(17-24)21-36-15-16-37(22-28(36)23-38)31-14-13-27(20-34-31)35-33(40)26-9-6-12-30(19-26)42-29-10-3-2-4-11-29/h2-14,17,19-20,23,28H,15-16,18,21-22H2,1H3,(H,35,40). The molecule has 0 spiro atoms. The smallest absolute Gasteiger partial charge is 0.309 e. The molecule has 1 aromatic heterocycles. The fraction of sp³-hybridized carbons (Fsp3) is 0.212. The maximum atomic E-state index is 12.9. The molecule has 0 aliphatic carbocycles. The van der Waals surface area contributed by atoms with Gasteiger partial charge >= 0.3 is 5.97 Å². The number of nitrogens with one attached hydrogen (secondary N) is 1. The predicted molar refractivity (Wildman–Crippen MR) is 160 cm³/mol. The number of carbonyl (C=O) groups excluding carboxylic acids is 3. The van der Waals surface area contributed by atoms with Crippen LogP contribution in [0.5, 0.6) is 11.5 Å². The van der Waals surface area contributed by atoms with E-state index in [1.807, 2.05) is 60.7 Å². The molecule has 0 radical (unpaired) electrons. The number of carbonyl (C=O) groups is 3. The van der Waals surface area contributed by atoms with E-state index in [-0.39, 0.29) is 24.3 Å². The van der Waals surface area contributed by atoms with Crippen molar-refractivity contribution >= 4 is 29.7 Å². The molecule has 1 aliphatic heterocycles. The van der Waals surface area contributed by atoms with Crippen LogP contribution in [-0.2, 0) is 27.3 Å². The van der Waals surface area contributed by atoms with E-state index in [2.05, 4.69) is 20.1 Å². The van der Waals surface area contributed by atoms with Gasteiger partial charge < -0.3 is 24.5 Å². The monoisotopic (exact) mass is 564 g/mol. The fourth-order valence-electron chi connectivity index (χ4n) is 4.87. The summed E-state index contributed by atoms with van der Waals surface area (Å²) < 4.78 is 10.6. The zero-order chi connectivity index (χ0) is 29.3. The number of para-hydroxylation sites is 1. The fourth-order valence-corrected chi connectivity index (χ4v) is 4.87. The van der Waals surface area contributed by atoms with Crippen LogP contribution in [0.4, 0.5) is 11.5 Å². The highest BCUT2D eigenvalue weighted by Gasteiger charge is 2.27. The number of nitrogens with zero attached hydrogens (tertiary/aromatic N) is 3. The maximum absolute atomic E-state index is 12.9. The van der Waals surface area contributed by atoms with E-state index < -0.39 is 0 Å². The van der Waals surface area contributed by atoms with Crippen molar-refractivity contribution in [3.05, 3.63) is 114 Å². The molecular weight excluding hydrogens is 532 g/mol. The van der Waals surface area contributed by atoms with E-state index in [4.69, 9.17) is 9.47 Å². The van der Waals surface area contributed by atoms with Gasteiger partial charge in [0.05, 0.1) is 31.5 Å². The third-order valence-corrected chi connectivity index (χ3v) is 7.05. The average Bonchev–Trinajstić information content (AvgIpc) is 3.02. The quantitative estimate of drug-likeness (QED) is 0.218. The lowest BCUT2D eigenvalue weighted by atomic mass is 10.1. The number of amides is 1. The highest BCUT2D eigenvalue weighted by atomic mass is 16.5. The number of aromatic nitrogens is 1. The van der Waals surface area contributed by atoms with Crippen molar-refractivity contribution in [2.24, 2.45) is 0 Å². The van der Waals surface area contributed by atoms with Crippen LogP contribution in [0, 0.1) is 0 Å². The molecule has 4 aromatic rings. The van der Waals surface area contributed by atoms with Crippen molar-refractivity contribution in [2.45, 2.75) is 19.0 Å². The third-order valence-electron chi connectivity index (χ3n) is 7.05. The van der Waals surface area contributed by atoms with Crippen molar-refractivity contribution in [3.63, 3.8) is 0 Å². The Bertz CT molecular complexity index is 1530. The first kappa shape index (κ1) is 28.5. The number of aldehydes is 1. The van der Waals surface area contributed by atoms with Gasteiger partial charge in [0.15, 0.2) is 0 Å². The molecule has 1 fully saturated rings. The average molecular weight is 565 g/mol. The Balaban J connectivity index is 1.17. The summed E-state index contributed by atoms with van der Waals surface area (Å²) in [6, 6.07) is 27.5. The van der Waals surface area contributed by atoms with Crippen LogP contribution in [0.25, 0.3) is 0 Å². The topological polar surface area (TPSA) is 101 Å². The number of ether oxygens (including phenoxy) is 2.